The molecular weight excluding hydrogens is 294 g/mol. The highest BCUT2D eigenvalue weighted by molar-refractivity contribution is 7.98. The lowest BCUT2D eigenvalue weighted by molar-refractivity contribution is 0.391. The number of hydrogen-bond acceptors (Lipinski definition) is 7. The van der Waals surface area contributed by atoms with E-state index in [9.17, 15) is 0 Å². The molecule has 3 heterocycles. The fraction of sp³-hybridized carbons (Fsp3) is 0.333. The van der Waals surface area contributed by atoms with Gasteiger partial charge in [0, 0.05) is 5.92 Å². The van der Waals surface area contributed by atoms with Crippen LogP contribution in [0.3, 0.4) is 0 Å². The molecule has 20 heavy (non-hydrogen) atoms. The molecule has 0 atom stereocenters. The molecule has 102 valence electrons. The minimum Gasteiger partial charge on any atom is -0.338 e. The van der Waals surface area contributed by atoms with Crippen LogP contribution in [-0.4, -0.2) is 25.3 Å². The van der Waals surface area contributed by atoms with E-state index in [1.54, 1.807) is 11.3 Å². The van der Waals surface area contributed by atoms with Gasteiger partial charge in [-0.25, -0.2) is 4.98 Å². The standard InChI is InChI=1S/C12H11N5OS2/c1-2-8(19-5-1)11-13-9(18-17-11)6-20-12-14-10(15-16-12)7-3-4-7/h1-2,5,7H,3-4,6H2,(H,14,15,16). The van der Waals surface area contributed by atoms with Gasteiger partial charge in [-0.15, -0.1) is 16.4 Å². The lowest BCUT2D eigenvalue weighted by Crippen LogP contribution is -1.83. The van der Waals surface area contributed by atoms with Gasteiger partial charge < -0.3 is 4.52 Å². The molecule has 3 aromatic rings. The molecule has 0 amide bonds. The van der Waals surface area contributed by atoms with E-state index in [-0.39, 0.29) is 0 Å². The van der Waals surface area contributed by atoms with Crippen molar-refractivity contribution in [3.8, 4) is 10.7 Å². The van der Waals surface area contributed by atoms with Crippen molar-refractivity contribution >= 4 is 23.1 Å². The summed E-state index contributed by atoms with van der Waals surface area (Å²) < 4.78 is 5.24. The van der Waals surface area contributed by atoms with Gasteiger partial charge in [-0.3, -0.25) is 5.10 Å². The summed E-state index contributed by atoms with van der Waals surface area (Å²) in [7, 11) is 0. The second kappa shape index (κ2) is 5.02. The summed E-state index contributed by atoms with van der Waals surface area (Å²) in [5.74, 6) is 3.41. The lowest BCUT2D eigenvalue weighted by atomic mass is 10.4. The Hall–Kier alpha value is -1.67. The van der Waals surface area contributed by atoms with Gasteiger partial charge in [-0.2, -0.15) is 4.98 Å². The van der Waals surface area contributed by atoms with E-state index in [2.05, 4.69) is 25.3 Å². The molecule has 0 aromatic carbocycles. The smallest absolute Gasteiger partial charge is 0.237 e. The molecule has 1 fully saturated rings. The number of rotatable bonds is 5. The molecule has 8 heteroatoms. The number of hydrogen-bond donors (Lipinski definition) is 1. The van der Waals surface area contributed by atoms with Crippen LogP contribution >= 0.6 is 23.1 Å². The molecule has 3 aromatic heterocycles. The van der Waals surface area contributed by atoms with Crippen LogP contribution in [0.2, 0.25) is 0 Å². The first kappa shape index (κ1) is 12.1. The predicted molar refractivity (Wildman–Crippen MR) is 75.5 cm³/mol. The van der Waals surface area contributed by atoms with Crippen LogP contribution in [0.15, 0.2) is 27.2 Å². The van der Waals surface area contributed by atoms with Crippen LogP contribution in [0.1, 0.15) is 30.5 Å². The number of thiophene rings is 1. The predicted octanol–water partition coefficient (Wildman–Crippen LogP) is 3.09. The normalized spacial score (nSPS) is 14.8. The monoisotopic (exact) mass is 305 g/mol. The summed E-state index contributed by atoms with van der Waals surface area (Å²) in [5.41, 5.74) is 0. The van der Waals surface area contributed by atoms with Crippen molar-refractivity contribution < 1.29 is 4.52 Å². The summed E-state index contributed by atoms with van der Waals surface area (Å²) in [6, 6.07) is 3.95. The van der Waals surface area contributed by atoms with Gasteiger partial charge in [0.25, 0.3) is 0 Å². The summed E-state index contributed by atoms with van der Waals surface area (Å²) in [6.07, 6.45) is 2.43. The Kier molecular flexibility index (Phi) is 3.04. The molecule has 1 N–H and O–H groups in total. The van der Waals surface area contributed by atoms with Crippen molar-refractivity contribution in [3.05, 3.63) is 29.2 Å². The Balaban J connectivity index is 1.41. The number of thioether (sulfide) groups is 1. The van der Waals surface area contributed by atoms with E-state index < -0.39 is 0 Å². The third kappa shape index (κ3) is 2.48. The molecule has 0 aliphatic heterocycles. The van der Waals surface area contributed by atoms with E-state index in [1.807, 2.05) is 17.5 Å². The Labute approximate surface area is 123 Å². The Morgan fingerprint density at radius 1 is 1.40 bits per heavy atom. The molecule has 1 aliphatic carbocycles. The van der Waals surface area contributed by atoms with Crippen molar-refractivity contribution in [1.29, 1.82) is 0 Å². The van der Waals surface area contributed by atoms with E-state index in [4.69, 9.17) is 4.52 Å². The zero-order chi connectivity index (χ0) is 13.4. The number of aromatic nitrogens is 5. The fourth-order valence-electron chi connectivity index (χ4n) is 1.81. The average Bonchev–Trinajstić information content (AvgIpc) is 2.93. The number of aromatic amines is 1. The van der Waals surface area contributed by atoms with Gasteiger partial charge in [-0.1, -0.05) is 23.0 Å². The molecule has 0 radical (unpaired) electrons. The van der Waals surface area contributed by atoms with E-state index in [0.29, 0.717) is 23.4 Å². The van der Waals surface area contributed by atoms with Crippen molar-refractivity contribution in [3.63, 3.8) is 0 Å². The van der Waals surface area contributed by atoms with E-state index >= 15 is 0 Å². The zero-order valence-electron chi connectivity index (χ0n) is 10.4. The largest absolute Gasteiger partial charge is 0.338 e. The van der Waals surface area contributed by atoms with Gasteiger partial charge in [-0.05, 0) is 24.3 Å². The summed E-state index contributed by atoms with van der Waals surface area (Å²) in [6.45, 7) is 0. The molecule has 6 nitrogen and oxygen atoms in total. The Bertz CT molecular complexity index is 701. The Morgan fingerprint density at radius 3 is 3.15 bits per heavy atom. The summed E-state index contributed by atoms with van der Waals surface area (Å²) in [4.78, 5) is 9.83. The first-order valence-electron chi connectivity index (χ1n) is 6.30. The SMILES string of the molecule is c1csc(-c2noc(CSc3n[nH]c(C4CC4)n3)n2)c1. The van der Waals surface area contributed by atoms with Crippen molar-refractivity contribution in [2.45, 2.75) is 29.7 Å². The van der Waals surface area contributed by atoms with E-state index in [0.717, 1.165) is 15.9 Å². The minimum absolute atomic E-state index is 0.584. The third-order valence-electron chi connectivity index (χ3n) is 2.98. The third-order valence-corrected chi connectivity index (χ3v) is 4.68. The maximum Gasteiger partial charge on any atom is 0.237 e. The zero-order valence-corrected chi connectivity index (χ0v) is 12.1. The number of H-pyrrole nitrogens is 1. The maximum atomic E-state index is 5.24. The van der Waals surface area contributed by atoms with Crippen molar-refractivity contribution in [1.82, 2.24) is 25.3 Å². The number of nitrogens with zero attached hydrogens (tertiary/aromatic N) is 4. The highest BCUT2D eigenvalue weighted by atomic mass is 32.2. The van der Waals surface area contributed by atoms with E-state index in [1.165, 1.54) is 24.6 Å². The van der Waals surface area contributed by atoms with Gasteiger partial charge in [0.05, 0.1) is 10.6 Å². The first-order chi connectivity index (χ1) is 9.88. The minimum atomic E-state index is 0.584. The topological polar surface area (TPSA) is 80.5 Å². The molecule has 0 spiro atoms. The molecular formula is C12H11N5OS2. The first-order valence-corrected chi connectivity index (χ1v) is 8.16. The van der Waals surface area contributed by atoms with Crippen LogP contribution in [0.25, 0.3) is 10.7 Å². The lowest BCUT2D eigenvalue weighted by Gasteiger charge is -1.89. The van der Waals surface area contributed by atoms with Crippen LogP contribution in [0.4, 0.5) is 0 Å². The van der Waals surface area contributed by atoms with Crippen molar-refractivity contribution in [2.75, 3.05) is 0 Å². The fourth-order valence-corrected chi connectivity index (χ4v) is 3.10. The summed E-state index contributed by atoms with van der Waals surface area (Å²) >= 11 is 3.10. The van der Waals surface area contributed by atoms with Gasteiger partial charge in [0.1, 0.15) is 5.82 Å². The van der Waals surface area contributed by atoms with Crippen molar-refractivity contribution in [2.24, 2.45) is 0 Å². The average molecular weight is 305 g/mol. The molecule has 0 bridgehead atoms. The second-order valence-corrected chi connectivity index (χ2v) is 6.45. The highest BCUT2D eigenvalue weighted by Crippen LogP contribution is 2.38. The van der Waals surface area contributed by atoms with Gasteiger partial charge >= 0.3 is 0 Å². The molecule has 1 aliphatic rings. The quantitative estimate of drug-likeness (QED) is 0.730. The molecule has 0 unspecified atom stereocenters. The number of nitrogens with one attached hydrogen (secondary N) is 1. The molecule has 1 saturated carbocycles. The Morgan fingerprint density at radius 2 is 2.35 bits per heavy atom. The highest BCUT2D eigenvalue weighted by Gasteiger charge is 2.27. The molecule has 0 saturated heterocycles. The summed E-state index contributed by atoms with van der Waals surface area (Å²) in [5, 5.41) is 13.9. The van der Waals surface area contributed by atoms with Gasteiger partial charge in [0.2, 0.25) is 16.9 Å². The van der Waals surface area contributed by atoms with Crippen LogP contribution in [0, 0.1) is 0 Å². The maximum absolute atomic E-state index is 5.24. The van der Waals surface area contributed by atoms with Crippen LogP contribution in [-0.2, 0) is 5.75 Å². The molecule has 4 rings (SSSR count). The van der Waals surface area contributed by atoms with Gasteiger partial charge in [0.15, 0.2) is 0 Å². The second-order valence-electron chi connectivity index (χ2n) is 4.56. The van der Waals surface area contributed by atoms with Crippen LogP contribution < -0.4 is 0 Å². The van der Waals surface area contributed by atoms with Crippen LogP contribution in [0.5, 0.6) is 0 Å².